The first kappa shape index (κ1) is 19.4. The summed E-state index contributed by atoms with van der Waals surface area (Å²) >= 11 is 0. The van der Waals surface area contributed by atoms with Crippen LogP contribution in [0.15, 0.2) is 84.9 Å². The number of carbonyl (C=O) groups excluding carboxylic acids is 1. The highest BCUT2D eigenvalue weighted by Crippen LogP contribution is 2.22. The maximum absolute atomic E-state index is 13.0. The number of ether oxygens (including phenoxy) is 1. The van der Waals surface area contributed by atoms with Crippen molar-refractivity contribution in [2.24, 2.45) is 0 Å². The summed E-state index contributed by atoms with van der Waals surface area (Å²) < 4.78 is 5.40. The van der Waals surface area contributed by atoms with Gasteiger partial charge in [0.2, 0.25) is 0 Å². The highest BCUT2D eigenvalue weighted by molar-refractivity contribution is 5.94. The highest BCUT2D eigenvalue weighted by Gasteiger charge is 2.18. The van der Waals surface area contributed by atoms with Crippen LogP contribution in [0.25, 0.3) is 0 Å². The van der Waals surface area contributed by atoms with Gasteiger partial charge < -0.3 is 10.1 Å². The van der Waals surface area contributed by atoms with Gasteiger partial charge in [0.25, 0.3) is 5.91 Å². The van der Waals surface area contributed by atoms with Crippen molar-refractivity contribution in [3.05, 3.63) is 107 Å². The van der Waals surface area contributed by atoms with Gasteiger partial charge in [-0.25, -0.2) is 0 Å². The standard InChI is InChI=1S/C25H26N2O2/c28-25(23-13-11-20(12-14-23)19-27-15-17-29-18-16-27)26-24(21-7-3-1-4-8-21)22-9-5-2-6-10-22/h1-14,24H,15-19H2,(H,26,28). The van der Waals surface area contributed by atoms with Crippen molar-refractivity contribution in [1.82, 2.24) is 10.2 Å². The van der Waals surface area contributed by atoms with E-state index in [4.69, 9.17) is 4.74 Å². The number of hydrogen-bond donors (Lipinski definition) is 1. The third-order valence-corrected chi connectivity index (χ3v) is 5.27. The van der Waals surface area contributed by atoms with E-state index >= 15 is 0 Å². The van der Waals surface area contributed by atoms with Gasteiger partial charge in [-0.05, 0) is 28.8 Å². The molecule has 0 radical (unpaired) electrons. The number of rotatable bonds is 6. The first-order valence-electron chi connectivity index (χ1n) is 10.1. The summed E-state index contributed by atoms with van der Waals surface area (Å²) in [4.78, 5) is 15.3. The number of carbonyl (C=O) groups is 1. The van der Waals surface area contributed by atoms with Crippen LogP contribution in [0.3, 0.4) is 0 Å². The lowest BCUT2D eigenvalue weighted by Crippen LogP contribution is -2.35. The van der Waals surface area contributed by atoms with Gasteiger partial charge in [-0.3, -0.25) is 9.69 Å². The second kappa shape index (κ2) is 9.50. The largest absolute Gasteiger partial charge is 0.379 e. The molecule has 3 aromatic carbocycles. The van der Waals surface area contributed by atoms with Gasteiger partial charge in [0.05, 0.1) is 19.3 Å². The van der Waals surface area contributed by atoms with Gasteiger partial charge in [0.1, 0.15) is 0 Å². The van der Waals surface area contributed by atoms with E-state index in [2.05, 4.69) is 10.2 Å². The van der Waals surface area contributed by atoms with Crippen LogP contribution in [-0.4, -0.2) is 37.1 Å². The molecule has 0 aliphatic carbocycles. The van der Waals surface area contributed by atoms with Gasteiger partial charge >= 0.3 is 0 Å². The predicted molar refractivity (Wildman–Crippen MR) is 115 cm³/mol. The van der Waals surface area contributed by atoms with Crippen molar-refractivity contribution >= 4 is 5.91 Å². The van der Waals surface area contributed by atoms with E-state index in [9.17, 15) is 4.79 Å². The summed E-state index contributed by atoms with van der Waals surface area (Å²) in [6.07, 6.45) is 0. The number of nitrogens with one attached hydrogen (secondary N) is 1. The molecule has 3 aromatic rings. The third kappa shape index (κ3) is 5.11. The lowest BCUT2D eigenvalue weighted by Gasteiger charge is -2.26. The summed E-state index contributed by atoms with van der Waals surface area (Å²) in [7, 11) is 0. The van der Waals surface area contributed by atoms with E-state index in [0.29, 0.717) is 5.56 Å². The van der Waals surface area contributed by atoms with Crippen LogP contribution < -0.4 is 5.32 Å². The zero-order valence-corrected chi connectivity index (χ0v) is 16.5. The molecule has 1 saturated heterocycles. The number of nitrogens with zero attached hydrogens (tertiary/aromatic N) is 1. The lowest BCUT2D eigenvalue weighted by molar-refractivity contribution is 0.0342. The molecule has 4 nitrogen and oxygen atoms in total. The molecule has 1 N–H and O–H groups in total. The molecule has 1 heterocycles. The topological polar surface area (TPSA) is 41.6 Å². The molecule has 1 fully saturated rings. The molecule has 0 atom stereocenters. The molecule has 1 amide bonds. The fourth-order valence-electron chi connectivity index (χ4n) is 3.64. The first-order valence-corrected chi connectivity index (χ1v) is 10.1. The Balaban J connectivity index is 1.47. The maximum atomic E-state index is 13.0. The fraction of sp³-hybridized carbons (Fsp3) is 0.240. The van der Waals surface area contributed by atoms with E-state index in [1.807, 2.05) is 84.9 Å². The average Bonchev–Trinajstić information content (AvgIpc) is 2.80. The van der Waals surface area contributed by atoms with Crippen LogP contribution in [0, 0.1) is 0 Å². The molecule has 0 saturated carbocycles. The zero-order chi connectivity index (χ0) is 19.9. The Morgan fingerprint density at radius 2 is 1.38 bits per heavy atom. The van der Waals surface area contributed by atoms with Gasteiger partial charge in [0, 0.05) is 25.2 Å². The van der Waals surface area contributed by atoms with Crippen molar-refractivity contribution in [1.29, 1.82) is 0 Å². The lowest BCUT2D eigenvalue weighted by atomic mass is 9.98. The molecule has 148 valence electrons. The van der Waals surface area contributed by atoms with Crippen molar-refractivity contribution in [3.63, 3.8) is 0 Å². The molecule has 0 unspecified atom stereocenters. The van der Waals surface area contributed by atoms with Crippen molar-refractivity contribution in [2.75, 3.05) is 26.3 Å². The van der Waals surface area contributed by atoms with Crippen molar-refractivity contribution in [2.45, 2.75) is 12.6 Å². The van der Waals surface area contributed by atoms with E-state index in [1.165, 1.54) is 5.56 Å². The van der Waals surface area contributed by atoms with Crippen LogP contribution in [0.2, 0.25) is 0 Å². The quantitative estimate of drug-likeness (QED) is 0.695. The minimum absolute atomic E-state index is 0.0689. The predicted octanol–water partition coefficient (Wildman–Crippen LogP) is 4.04. The molecular weight excluding hydrogens is 360 g/mol. The SMILES string of the molecule is O=C(NC(c1ccccc1)c1ccccc1)c1ccc(CN2CCOCC2)cc1. The van der Waals surface area contributed by atoms with Gasteiger partial charge in [-0.2, -0.15) is 0 Å². The van der Waals surface area contributed by atoms with E-state index in [0.717, 1.165) is 44.0 Å². The monoisotopic (exact) mass is 386 g/mol. The zero-order valence-electron chi connectivity index (χ0n) is 16.5. The van der Waals surface area contributed by atoms with Crippen LogP contribution in [-0.2, 0) is 11.3 Å². The van der Waals surface area contributed by atoms with Gasteiger partial charge in [-0.1, -0.05) is 72.8 Å². The number of amides is 1. The molecule has 4 heteroatoms. The van der Waals surface area contributed by atoms with Crippen molar-refractivity contribution < 1.29 is 9.53 Å². The second-order valence-electron chi connectivity index (χ2n) is 7.31. The molecule has 29 heavy (non-hydrogen) atoms. The number of morpholine rings is 1. The summed E-state index contributed by atoms with van der Waals surface area (Å²) in [6, 6.07) is 27.9. The van der Waals surface area contributed by atoms with Gasteiger partial charge in [-0.15, -0.1) is 0 Å². The maximum Gasteiger partial charge on any atom is 0.252 e. The summed E-state index contributed by atoms with van der Waals surface area (Å²) in [5, 5.41) is 3.20. The van der Waals surface area contributed by atoms with E-state index in [1.54, 1.807) is 0 Å². The van der Waals surface area contributed by atoms with Crippen LogP contribution >= 0.6 is 0 Å². The minimum atomic E-state index is -0.182. The molecule has 0 aromatic heterocycles. The van der Waals surface area contributed by atoms with Crippen LogP contribution in [0.1, 0.15) is 33.1 Å². The Hall–Kier alpha value is -2.95. The Labute approximate surface area is 172 Å². The normalized spacial score (nSPS) is 14.7. The Bertz CT molecular complexity index is 865. The Morgan fingerprint density at radius 1 is 0.828 bits per heavy atom. The molecule has 0 bridgehead atoms. The number of hydrogen-bond acceptors (Lipinski definition) is 3. The molecular formula is C25H26N2O2. The number of benzene rings is 3. The van der Waals surface area contributed by atoms with E-state index in [-0.39, 0.29) is 11.9 Å². The Morgan fingerprint density at radius 3 is 1.93 bits per heavy atom. The van der Waals surface area contributed by atoms with Crippen LogP contribution in [0.4, 0.5) is 0 Å². The molecule has 4 rings (SSSR count). The van der Waals surface area contributed by atoms with E-state index < -0.39 is 0 Å². The van der Waals surface area contributed by atoms with Crippen molar-refractivity contribution in [3.8, 4) is 0 Å². The fourth-order valence-corrected chi connectivity index (χ4v) is 3.64. The van der Waals surface area contributed by atoms with Gasteiger partial charge in [0.15, 0.2) is 0 Å². The molecule has 0 spiro atoms. The highest BCUT2D eigenvalue weighted by atomic mass is 16.5. The first-order chi connectivity index (χ1) is 14.3. The summed E-state index contributed by atoms with van der Waals surface area (Å²) in [5.41, 5.74) is 4.02. The third-order valence-electron chi connectivity index (χ3n) is 5.27. The summed E-state index contributed by atoms with van der Waals surface area (Å²) in [6.45, 7) is 4.39. The molecule has 1 aliphatic heterocycles. The minimum Gasteiger partial charge on any atom is -0.379 e. The van der Waals surface area contributed by atoms with Crippen LogP contribution in [0.5, 0.6) is 0 Å². The second-order valence-corrected chi connectivity index (χ2v) is 7.31. The smallest absolute Gasteiger partial charge is 0.252 e. The molecule has 1 aliphatic rings. The summed E-state index contributed by atoms with van der Waals surface area (Å²) in [5.74, 6) is -0.0689. The Kier molecular flexibility index (Phi) is 6.35. The average molecular weight is 386 g/mol.